The Labute approximate surface area is 120 Å². The van der Waals surface area contributed by atoms with Crippen molar-refractivity contribution in [3.63, 3.8) is 0 Å². The van der Waals surface area contributed by atoms with Crippen LogP contribution < -0.4 is 0 Å². The van der Waals surface area contributed by atoms with E-state index in [1.54, 1.807) is 5.57 Å². The summed E-state index contributed by atoms with van der Waals surface area (Å²) in [6.07, 6.45) is 4.81. The van der Waals surface area contributed by atoms with Gasteiger partial charge in [-0.3, -0.25) is 4.90 Å². The molecular formula is C19H19N. The Bertz CT molecular complexity index is 642. The topological polar surface area (TPSA) is 3.24 Å². The molecule has 1 nitrogen and oxygen atoms in total. The third kappa shape index (κ3) is 1.99. The van der Waals surface area contributed by atoms with Gasteiger partial charge in [-0.25, -0.2) is 0 Å². The average molecular weight is 261 g/mol. The van der Waals surface area contributed by atoms with Gasteiger partial charge in [-0.15, -0.1) is 0 Å². The zero-order valence-electron chi connectivity index (χ0n) is 11.6. The minimum Gasteiger partial charge on any atom is -0.291 e. The normalized spacial score (nSPS) is 21.2. The molecule has 0 saturated carbocycles. The highest BCUT2D eigenvalue weighted by Crippen LogP contribution is 2.38. The molecule has 100 valence electrons. The standard InChI is InChI=1S/C19H19N/c1-2-7-15(8-3-1)14-20-12-6-11-18-17-10-5-4-9-16(17)13-19(18)20/h1-5,7-11,19H,6,12-14H2. The second-order valence-electron chi connectivity index (χ2n) is 5.78. The second kappa shape index (κ2) is 4.92. The Morgan fingerprint density at radius 2 is 1.75 bits per heavy atom. The van der Waals surface area contributed by atoms with Gasteiger partial charge in [-0.1, -0.05) is 60.7 Å². The summed E-state index contributed by atoms with van der Waals surface area (Å²) >= 11 is 0. The fourth-order valence-corrected chi connectivity index (χ4v) is 3.60. The predicted octanol–water partition coefficient (Wildman–Crippen LogP) is 3.90. The maximum atomic E-state index is 2.64. The molecule has 1 unspecified atom stereocenters. The van der Waals surface area contributed by atoms with Gasteiger partial charge >= 0.3 is 0 Å². The van der Waals surface area contributed by atoms with Crippen molar-refractivity contribution in [3.05, 3.63) is 77.4 Å². The predicted molar refractivity (Wildman–Crippen MR) is 83.4 cm³/mol. The number of hydrogen-bond acceptors (Lipinski definition) is 1. The van der Waals surface area contributed by atoms with Crippen LogP contribution in [-0.2, 0) is 13.0 Å². The van der Waals surface area contributed by atoms with Crippen molar-refractivity contribution in [2.45, 2.75) is 25.4 Å². The minimum absolute atomic E-state index is 0.585. The number of hydrogen-bond donors (Lipinski definition) is 0. The molecule has 0 amide bonds. The van der Waals surface area contributed by atoms with Gasteiger partial charge in [-0.05, 0) is 35.1 Å². The lowest BCUT2D eigenvalue weighted by Crippen LogP contribution is -2.37. The van der Waals surface area contributed by atoms with Crippen molar-refractivity contribution in [1.82, 2.24) is 4.90 Å². The smallest absolute Gasteiger partial charge is 0.0395 e. The second-order valence-corrected chi connectivity index (χ2v) is 5.78. The van der Waals surface area contributed by atoms with Crippen LogP contribution in [0.3, 0.4) is 0 Å². The quantitative estimate of drug-likeness (QED) is 0.792. The molecule has 2 aromatic carbocycles. The molecule has 0 bridgehead atoms. The fraction of sp³-hybridized carbons (Fsp3) is 0.263. The van der Waals surface area contributed by atoms with Gasteiger partial charge in [0.15, 0.2) is 0 Å². The van der Waals surface area contributed by atoms with Gasteiger partial charge in [0.05, 0.1) is 0 Å². The molecule has 20 heavy (non-hydrogen) atoms. The van der Waals surface area contributed by atoms with Crippen molar-refractivity contribution in [2.75, 3.05) is 6.54 Å². The van der Waals surface area contributed by atoms with E-state index in [0.717, 1.165) is 6.54 Å². The van der Waals surface area contributed by atoms with Crippen LogP contribution in [0.4, 0.5) is 0 Å². The van der Waals surface area contributed by atoms with Gasteiger partial charge in [-0.2, -0.15) is 0 Å². The summed E-state index contributed by atoms with van der Waals surface area (Å²) in [6.45, 7) is 2.24. The monoisotopic (exact) mass is 261 g/mol. The van der Waals surface area contributed by atoms with Gasteiger partial charge < -0.3 is 0 Å². The molecule has 1 aliphatic heterocycles. The van der Waals surface area contributed by atoms with E-state index in [9.17, 15) is 0 Å². The lowest BCUT2D eigenvalue weighted by Gasteiger charge is -2.33. The third-order valence-corrected chi connectivity index (χ3v) is 4.55. The first-order valence-corrected chi connectivity index (χ1v) is 7.48. The highest BCUT2D eigenvalue weighted by molar-refractivity contribution is 5.77. The van der Waals surface area contributed by atoms with Crippen LogP contribution >= 0.6 is 0 Å². The number of nitrogens with zero attached hydrogens (tertiary/aromatic N) is 1. The fourth-order valence-electron chi connectivity index (χ4n) is 3.60. The van der Waals surface area contributed by atoms with Crippen LogP contribution in [0.2, 0.25) is 0 Å². The minimum atomic E-state index is 0.585. The SMILES string of the molecule is C1=C2c3ccccc3CC2N(Cc2ccccc2)CC1. The van der Waals surface area contributed by atoms with E-state index in [1.807, 2.05) is 0 Å². The largest absolute Gasteiger partial charge is 0.291 e. The molecule has 0 N–H and O–H groups in total. The Morgan fingerprint density at radius 1 is 0.950 bits per heavy atom. The summed E-state index contributed by atoms with van der Waals surface area (Å²) in [7, 11) is 0. The number of fused-ring (bicyclic) bond motifs is 3. The highest BCUT2D eigenvalue weighted by atomic mass is 15.2. The van der Waals surface area contributed by atoms with Crippen LogP contribution in [0, 0.1) is 0 Å². The van der Waals surface area contributed by atoms with Crippen LogP contribution in [0.15, 0.2) is 60.7 Å². The number of rotatable bonds is 2. The molecule has 2 aliphatic rings. The number of benzene rings is 2. The van der Waals surface area contributed by atoms with Crippen LogP contribution in [-0.4, -0.2) is 17.5 Å². The Balaban J connectivity index is 1.62. The van der Waals surface area contributed by atoms with Gasteiger partial charge in [0, 0.05) is 19.1 Å². The first-order chi connectivity index (χ1) is 9.92. The van der Waals surface area contributed by atoms with Crippen molar-refractivity contribution >= 4 is 5.57 Å². The van der Waals surface area contributed by atoms with Gasteiger partial charge in [0.1, 0.15) is 0 Å². The summed E-state index contributed by atoms with van der Waals surface area (Å²) in [4.78, 5) is 2.64. The molecule has 0 saturated heterocycles. The molecule has 1 atom stereocenters. The first kappa shape index (κ1) is 11.9. The summed E-state index contributed by atoms with van der Waals surface area (Å²) in [5, 5.41) is 0. The molecule has 1 aliphatic carbocycles. The summed E-state index contributed by atoms with van der Waals surface area (Å²) in [6, 6.07) is 20.3. The Morgan fingerprint density at radius 3 is 2.65 bits per heavy atom. The van der Waals surface area contributed by atoms with Gasteiger partial charge in [0.2, 0.25) is 0 Å². The third-order valence-electron chi connectivity index (χ3n) is 4.55. The molecule has 0 fully saturated rings. The molecular weight excluding hydrogens is 242 g/mol. The van der Waals surface area contributed by atoms with Crippen molar-refractivity contribution in [1.29, 1.82) is 0 Å². The van der Waals surface area contributed by atoms with E-state index < -0.39 is 0 Å². The van der Waals surface area contributed by atoms with E-state index >= 15 is 0 Å². The summed E-state index contributed by atoms with van der Waals surface area (Å²) in [5.41, 5.74) is 5.98. The molecule has 4 rings (SSSR count). The molecule has 2 aromatic rings. The Kier molecular flexibility index (Phi) is 2.93. The maximum absolute atomic E-state index is 2.64. The highest BCUT2D eigenvalue weighted by Gasteiger charge is 2.32. The summed E-state index contributed by atoms with van der Waals surface area (Å²) < 4.78 is 0. The first-order valence-electron chi connectivity index (χ1n) is 7.48. The molecule has 0 radical (unpaired) electrons. The lowest BCUT2D eigenvalue weighted by molar-refractivity contribution is 0.225. The van der Waals surface area contributed by atoms with Crippen molar-refractivity contribution < 1.29 is 0 Å². The average Bonchev–Trinajstić information content (AvgIpc) is 2.88. The van der Waals surface area contributed by atoms with Crippen molar-refractivity contribution in [2.24, 2.45) is 0 Å². The van der Waals surface area contributed by atoms with Crippen LogP contribution in [0.1, 0.15) is 23.1 Å². The molecule has 1 heteroatoms. The molecule has 1 heterocycles. The zero-order valence-corrected chi connectivity index (χ0v) is 11.6. The van der Waals surface area contributed by atoms with Gasteiger partial charge in [0.25, 0.3) is 0 Å². The molecule has 0 spiro atoms. The van der Waals surface area contributed by atoms with Crippen LogP contribution in [0.25, 0.3) is 5.57 Å². The Hall–Kier alpha value is -1.86. The van der Waals surface area contributed by atoms with Crippen LogP contribution in [0.5, 0.6) is 0 Å². The van der Waals surface area contributed by atoms with E-state index in [-0.39, 0.29) is 0 Å². The van der Waals surface area contributed by atoms with E-state index in [0.29, 0.717) is 6.04 Å². The lowest BCUT2D eigenvalue weighted by atomic mass is 9.99. The van der Waals surface area contributed by atoms with E-state index in [1.165, 1.54) is 36.1 Å². The van der Waals surface area contributed by atoms with E-state index in [4.69, 9.17) is 0 Å². The van der Waals surface area contributed by atoms with Crippen molar-refractivity contribution in [3.8, 4) is 0 Å². The zero-order chi connectivity index (χ0) is 13.4. The summed E-state index contributed by atoms with van der Waals surface area (Å²) in [5.74, 6) is 0. The van der Waals surface area contributed by atoms with E-state index in [2.05, 4.69) is 65.6 Å². The molecule has 0 aromatic heterocycles. The maximum Gasteiger partial charge on any atom is 0.0395 e.